The van der Waals surface area contributed by atoms with Gasteiger partial charge in [0.2, 0.25) is 5.91 Å². The average molecular weight is 444 g/mol. The molecule has 31 heavy (non-hydrogen) atoms. The van der Waals surface area contributed by atoms with Crippen LogP contribution in [0.4, 0.5) is 0 Å². The topological polar surface area (TPSA) is 94.8 Å². The summed E-state index contributed by atoms with van der Waals surface area (Å²) in [4.78, 5) is 31.6. The molecule has 0 aliphatic carbocycles. The molecule has 1 saturated heterocycles. The summed E-state index contributed by atoms with van der Waals surface area (Å²) in [6.07, 6.45) is 1.77. The second kappa shape index (κ2) is 9.60. The SMILES string of the molecule is COc1ccc(OC)c([C@@H]2CCCN2C(=O)CSc2nc(C)c(C)c(C)c2C(N)=O)c1. The van der Waals surface area contributed by atoms with Crippen LogP contribution in [0.15, 0.2) is 23.2 Å². The van der Waals surface area contributed by atoms with Gasteiger partial charge in [-0.05, 0) is 62.9 Å². The first kappa shape index (κ1) is 22.9. The van der Waals surface area contributed by atoms with Crippen molar-refractivity contribution in [1.29, 1.82) is 0 Å². The van der Waals surface area contributed by atoms with Crippen molar-refractivity contribution in [3.8, 4) is 11.5 Å². The number of pyridine rings is 1. The summed E-state index contributed by atoms with van der Waals surface area (Å²) in [6.45, 7) is 6.35. The molecular weight excluding hydrogens is 414 g/mol. The van der Waals surface area contributed by atoms with Gasteiger partial charge in [-0.15, -0.1) is 0 Å². The van der Waals surface area contributed by atoms with Gasteiger partial charge < -0.3 is 20.1 Å². The van der Waals surface area contributed by atoms with Crippen LogP contribution in [-0.4, -0.2) is 48.2 Å². The van der Waals surface area contributed by atoms with Crippen molar-refractivity contribution in [2.75, 3.05) is 26.5 Å². The summed E-state index contributed by atoms with van der Waals surface area (Å²) in [6, 6.07) is 5.56. The van der Waals surface area contributed by atoms with E-state index in [2.05, 4.69) is 4.98 Å². The first-order valence-corrected chi connectivity index (χ1v) is 11.2. The van der Waals surface area contributed by atoms with Gasteiger partial charge in [-0.25, -0.2) is 4.98 Å². The van der Waals surface area contributed by atoms with E-state index in [4.69, 9.17) is 15.2 Å². The number of likely N-dealkylation sites (tertiary alicyclic amines) is 1. The lowest BCUT2D eigenvalue weighted by molar-refractivity contribution is -0.129. The molecule has 2 heterocycles. The fourth-order valence-electron chi connectivity index (χ4n) is 4.01. The van der Waals surface area contributed by atoms with Gasteiger partial charge in [-0.2, -0.15) is 0 Å². The average Bonchev–Trinajstić information content (AvgIpc) is 3.24. The number of thioether (sulfide) groups is 1. The zero-order valence-corrected chi connectivity index (χ0v) is 19.5. The molecule has 1 aliphatic heterocycles. The number of methoxy groups -OCH3 is 2. The molecule has 2 aromatic rings. The van der Waals surface area contributed by atoms with E-state index in [-0.39, 0.29) is 17.7 Å². The Labute approximate surface area is 187 Å². The lowest BCUT2D eigenvalue weighted by Gasteiger charge is -2.26. The van der Waals surface area contributed by atoms with Crippen molar-refractivity contribution in [2.45, 2.75) is 44.7 Å². The summed E-state index contributed by atoms with van der Waals surface area (Å²) in [5.41, 5.74) is 9.53. The van der Waals surface area contributed by atoms with Crippen molar-refractivity contribution in [2.24, 2.45) is 5.73 Å². The zero-order chi connectivity index (χ0) is 22.7. The number of ether oxygens (including phenoxy) is 2. The Bertz CT molecular complexity index is 1010. The lowest BCUT2D eigenvalue weighted by atomic mass is 10.0. The predicted molar refractivity (Wildman–Crippen MR) is 121 cm³/mol. The van der Waals surface area contributed by atoms with E-state index in [9.17, 15) is 9.59 Å². The third-order valence-electron chi connectivity index (χ3n) is 5.91. The number of hydrogen-bond donors (Lipinski definition) is 1. The molecule has 0 unspecified atom stereocenters. The molecule has 3 rings (SSSR count). The third-order valence-corrected chi connectivity index (χ3v) is 6.87. The van der Waals surface area contributed by atoms with Gasteiger partial charge in [0.25, 0.3) is 5.91 Å². The van der Waals surface area contributed by atoms with Gasteiger partial charge in [0, 0.05) is 17.8 Å². The Balaban J connectivity index is 1.83. The number of aryl methyl sites for hydroxylation is 1. The second-order valence-corrected chi connectivity index (χ2v) is 8.60. The number of hydrogen-bond acceptors (Lipinski definition) is 6. The minimum Gasteiger partial charge on any atom is -0.497 e. The van der Waals surface area contributed by atoms with Crippen molar-refractivity contribution < 1.29 is 19.1 Å². The number of rotatable bonds is 7. The van der Waals surface area contributed by atoms with Crippen LogP contribution < -0.4 is 15.2 Å². The van der Waals surface area contributed by atoms with E-state index in [1.165, 1.54) is 11.8 Å². The van der Waals surface area contributed by atoms with Gasteiger partial charge in [-0.3, -0.25) is 9.59 Å². The van der Waals surface area contributed by atoms with E-state index < -0.39 is 5.91 Å². The van der Waals surface area contributed by atoms with Crippen LogP contribution in [0.3, 0.4) is 0 Å². The first-order chi connectivity index (χ1) is 14.8. The molecule has 0 saturated carbocycles. The Hall–Kier alpha value is -2.74. The molecule has 1 fully saturated rings. The molecule has 7 nitrogen and oxygen atoms in total. The van der Waals surface area contributed by atoms with Crippen molar-refractivity contribution in [3.63, 3.8) is 0 Å². The Morgan fingerprint density at radius 1 is 1.19 bits per heavy atom. The summed E-state index contributed by atoms with van der Waals surface area (Å²) < 4.78 is 10.9. The van der Waals surface area contributed by atoms with E-state index in [0.29, 0.717) is 17.1 Å². The molecule has 1 aliphatic rings. The lowest BCUT2D eigenvalue weighted by Crippen LogP contribution is -2.32. The molecule has 2 N–H and O–H groups in total. The molecule has 0 spiro atoms. The quantitative estimate of drug-likeness (QED) is 0.658. The van der Waals surface area contributed by atoms with Crippen LogP contribution in [0.5, 0.6) is 11.5 Å². The highest BCUT2D eigenvalue weighted by Gasteiger charge is 2.32. The molecule has 2 amide bonds. The molecule has 1 atom stereocenters. The van der Waals surface area contributed by atoms with Gasteiger partial charge >= 0.3 is 0 Å². The molecule has 1 aromatic heterocycles. The van der Waals surface area contributed by atoms with E-state index in [1.807, 2.05) is 43.9 Å². The minimum atomic E-state index is -0.525. The van der Waals surface area contributed by atoms with E-state index >= 15 is 0 Å². The summed E-state index contributed by atoms with van der Waals surface area (Å²) in [5.74, 6) is 1.11. The molecule has 1 aromatic carbocycles. The third kappa shape index (κ3) is 4.63. The Morgan fingerprint density at radius 3 is 2.58 bits per heavy atom. The second-order valence-electron chi connectivity index (χ2n) is 7.63. The number of amides is 2. The first-order valence-electron chi connectivity index (χ1n) is 10.2. The van der Waals surface area contributed by atoms with Crippen LogP contribution in [-0.2, 0) is 4.79 Å². The van der Waals surface area contributed by atoms with Crippen LogP contribution in [0.2, 0.25) is 0 Å². The maximum Gasteiger partial charge on any atom is 0.251 e. The Morgan fingerprint density at radius 2 is 1.94 bits per heavy atom. The summed E-state index contributed by atoms with van der Waals surface area (Å²) >= 11 is 1.26. The monoisotopic (exact) mass is 443 g/mol. The molecule has 166 valence electrons. The maximum absolute atomic E-state index is 13.2. The highest BCUT2D eigenvalue weighted by atomic mass is 32.2. The fraction of sp³-hybridized carbons (Fsp3) is 0.435. The van der Waals surface area contributed by atoms with Crippen LogP contribution in [0.25, 0.3) is 0 Å². The molecule has 8 heteroatoms. The molecular formula is C23H29N3O4S. The van der Waals surface area contributed by atoms with Crippen LogP contribution in [0.1, 0.15) is 51.6 Å². The van der Waals surface area contributed by atoms with Gasteiger partial charge in [-0.1, -0.05) is 11.8 Å². The van der Waals surface area contributed by atoms with E-state index in [1.54, 1.807) is 14.2 Å². The van der Waals surface area contributed by atoms with Crippen molar-refractivity contribution in [1.82, 2.24) is 9.88 Å². The number of benzene rings is 1. The molecule has 0 bridgehead atoms. The highest BCUT2D eigenvalue weighted by Crippen LogP contribution is 2.39. The highest BCUT2D eigenvalue weighted by molar-refractivity contribution is 8.00. The summed E-state index contributed by atoms with van der Waals surface area (Å²) in [5, 5.41) is 0.510. The fourth-order valence-corrected chi connectivity index (χ4v) is 5.03. The normalized spacial score (nSPS) is 15.8. The number of aromatic nitrogens is 1. The Kier molecular flexibility index (Phi) is 7.10. The van der Waals surface area contributed by atoms with Crippen LogP contribution >= 0.6 is 11.8 Å². The van der Waals surface area contributed by atoms with Crippen molar-refractivity contribution >= 4 is 23.6 Å². The van der Waals surface area contributed by atoms with Crippen molar-refractivity contribution in [3.05, 3.63) is 46.1 Å². The van der Waals surface area contributed by atoms with Gasteiger partial charge in [0.1, 0.15) is 16.5 Å². The predicted octanol–water partition coefficient (Wildman–Crippen LogP) is 3.58. The summed E-state index contributed by atoms with van der Waals surface area (Å²) in [7, 11) is 3.25. The molecule has 0 radical (unpaired) electrons. The number of carbonyl (C=O) groups is 2. The van der Waals surface area contributed by atoms with Crippen LogP contribution in [0, 0.1) is 20.8 Å². The number of nitrogens with zero attached hydrogens (tertiary/aromatic N) is 2. The standard InChI is InChI=1S/C23H29N3O4S/c1-13-14(2)21(22(24)28)23(25-15(13)3)31-12-20(27)26-10-6-7-18(26)17-11-16(29-4)8-9-19(17)30-5/h8-9,11,18H,6-7,10,12H2,1-5H3,(H2,24,28)/t18-/m0/s1. The largest absolute Gasteiger partial charge is 0.497 e. The van der Waals surface area contributed by atoms with Gasteiger partial charge in [0.15, 0.2) is 0 Å². The zero-order valence-electron chi connectivity index (χ0n) is 18.7. The maximum atomic E-state index is 13.2. The minimum absolute atomic E-state index is 0.00882. The number of nitrogens with two attached hydrogens (primary N) is 1. The number of carbonyl (C=O) groups excluding carboxylic acids is 2. The van der Waals surface area contributed by atoms with E-state index in [0.717, 1.165) is 46.7 Å². The smallest absolute Gasteiger partial charge is 0.251 e. The number of primary amides is 1. The van der Waals surface area contributed by atoms with Gasteiger partial charge in [0.05, 0.1) is 31.6 Å².